The predicted molar refractivity (Wildman–Crippen MR) is 85.8 cm³/mol. The van der Waals surface area contributed by atoms with Crippen LogP contribution in [0.4, 0.5) is 0 Å². The first-order valence-corrected chi connectivity index (χ1v) is 7.68. The smallest absolute Gasteiger partial charge is 0.126 e. The van der Waals surface area contributed by atoms with Gasteiger partial charge in [0.25, 0.3) is 0 Å². The Bertz CT molecular complexity index is 581. The van der Waals surface area contributed by atoms with Crippen molar-refractivity contribution in [3.8, 4) is 0 Å². The van der Waals surface area contributed by atoms with Gasteiger partial charge in [-0.1, -0.05) is 45.9 Å². The highest BCUT2D eigenvalue weighted by molar-refractivity contribution is 6.22. The molecule has 0 saturated carbocycles. The van der Waals surface area contributed by atoms with Gasteiger partial charge in [-0.25, -0.2) is 0 Å². The molecular weight excluding hydrogens is 268 g/mol. The van der Waals surface area contributed by atoms with Gasteiger partial charge in [0, 0.05) is 0 Å². The Hall–Kier alpha value is -1.21. The van der Waals surface area contributed by atoms with Crippen molar-refractivity contribution in [2.45, 2.75) is 51.8 Å². The summed E-state index contributed by atoms with van der Waals surface area (Å²) in [5.74, 6) is 2.70. The largest absolute Gasteiger partial charge is 0.464 e. The zero-order chi connectivity index (χ0) is 14.9. The van der Waals surface area contributed by atoms with Crippen LogP contribution in [0, 0.1) is 6.92 Å². The standard InChI is InChI=1S/C18H23ClO/c1-11(2)14-7-8-15(16(10-14)12(3)4)18(19)17-9-6-13(5)20-17/h6-12,18H,1-5H3. The summed E-state index contributed by atoms with van der Waals surface area (Å²) in [5, 5.41) is -0.220. The lowest BCUT2D eigenvalue weighted by molar-refractivity contribution is 0.488. The second-order valence-corrected chi connectivity index (χ2v) is 6.45. The van der Waals surface area contributed by atoms with E-state index < -0.39 is 0 Å². The van der Waals surface area contributed by atoms with Crippen molar-refractivity contribution in [3.05, 3.63) is 58.5 Å². The zero-order valence-corrected chi connectivity index (χ0v) is 13.7. The molecule has 0 aliphatic heterocycles. The van der Waals surface area contributed by atoms with Crippen molar-refractivity contribution in [3.63, 3.8) is 0 Å². The molecule has 108 valence electrons. The molecule has 0 amide bonds. The Kier molecular flexibility index (Phi) is 4.59. The van der Waals surface area contributed by atoms with Crippen molar-refractivity contribution < 1.29 is 4.42 Å². The molecule has 0 radical (unpaired) electrons. The third-order valence-electron chi connectivity index (χ3n) is 3.68. The Morgan fingerprint density at radius 2 is 1.60 bits per heavy atom. The molecule has 0 fully saturated rings. The molecule has 1 heterocycles. The van der Waals surface area contributed by atoms with Crippen LogP contribution in [-0.4, -0.2) is 0 Å². The third-order valence-corrected chi connectivity index (χ3v) is 4.13. The van der Waals surface area contributed by atoms with Gasteiger partial charge in [-0.05, 0) is 47.6 Å². The lowest BCUT2D eigenvalue weighted by Crippen LogP contribution is -2.02. The lowest BCUT2D eigenvalue weighted by atomic mass is 9.90. The van der Waals surface area contributed by atoms with Gasteiger partial charge in [-0.2, -0.15) is 0 Å². The minimum absolute atomic E-state index is 0.220. The van der Waals surface area contributed by atoms with Gasteiger partial charge in [0.05, 0.1) is 0 Å². The number of hydrogen-bond donors (Lipinski definition) is 0. The Morgan fingerprint density at radius 3 is 2.10 bits per heavy atom. The van der Waals surface area contributed by atoms with Crippen LogP contribution in [0.5, 0.6) is 0 Å². The molecule has 0 N–H and O–H groups in total. The summed E-state index contributed by atoms with van der Waals surface area (Å²) in [5.41, 5.74) is 3.82. The second kappa shape index (κ2) is 6.05. The second-order valence-electron chi connectivity index (χ2n) is 6.01. The van der Waals surface area contributed by atoms with Crippen LogP contribution < -0.4 is 0 Å². The average Bonchev–Trinajstić information content (AvgIpc) is 2.83. The molecule has 20 heavy (non-hydrogen) atoms. The topological polar surface area (TPSA) is 13.1 Å². The molecule has 0 aliphatic rings. The van der Waals surface area contributed by atoms with E-state index in [1.165, 1.54) is 11.1 Å². The molecule has 2 aromatic rings. The van der Waals surface area contributed by atoms with Crippen molar-refractivity contribution in [1.82, 2.24) is 0 Å². The molecule has 1 nitrogen and oxygen atoms in total. The highest BCUT2D eigenvalue weighted by atomic mass is 35.5. The number of benzene rings is 1. The van der Waals surface area contributed by atoms with E-state index in [0.29, 0.717) is 11.8 Å². The molecule has 2 heteroatoms. The predicted octanol–water partition coefficient (Wildman–Crippen LogP) is 6.16. The van der Waals surface area contributed by atoms with E-state index >= 15 is 0 Å². The maximum atomic E-state index is 6.63. The molecule has 1 unspecified atom stereocenters. The van der Waals surface area contributed by atoms with E-state index in [9.17, 15) is 0 Å². The Balaban J connectivity index is 2.45. The van der Waals surface area contributed by atoms with E-state index in [1.54, 1.807) is 0 Å². The SMILES string of the molecule is Cc1ccc(C(Cl)c2ccc(C(C)C)cc2C(C)C)o1. The lowest BCUT2D eigenvalue weighted by Gasteiger charge is -2.18. The molecule has 1 aromatic carbocycles. The van der Waals surface area contributed by atoms with Crippen LogP contribution in [0.25, 0.3) is 0 Å². The molecule has 0 saturated heterocycles. The van der Waals surface area contributed by atoms with Crippen LogP contribution in [0.1, 0.15) is 73.1 Å². The monoisotopic (exact) mass is 290 g/mol. The number of hydrogen-bond acceptors (Lipinski definition) is 1. The molecule has 2 rings (SSSR count). The number of furan rings is 1. The first kappa shape index (κ1) is 15.2. The van der Waals surface area contributed by atoms with Gasteiger partial charge in [-0.3, -0.25) is 0 Å². The molecule has 0 aliphatic carbocycles. The van der Waals surface area contributed by atoms with E-state index in [0.717, 1.165) is 17.1 Å². The van der Waals surface area contributed by atoms with Gasteiger partial charge in [-0.15, -0.1) is 11.6 Å². The van der Waals surface area contributed by atoms with Crippen molar-refractivity contribution >= 4 is 11.6 Å². The quantitative estimate of drug-likeness (QED) is 0.614. The van der Waals surface area contributed by atoms with Gasteiger partial charge in [0.2, 0.25) is 0 Å². The summed E-state index contributed by atoms with van der Waals surface area (Å²) < 4.78 is 5.68. The Morgan fingerprint density at radius 1 is 0.900 bits per heavy atom. The minimum atomic E-state index is -0.220. The summed E-state index contributed by atoms with van der Waals surface area (Å²) in [4.78, 5) is 0. The number of rotatable bonds is 4. The van der Waals surface area contributed by atoms with Crippen molar-refractivity contribution in [2.24, 2.45) is 0 Å². The van der Waals surface area contributed by atoms with E-state index in [-0.39, 0.29) is 5.38 Å². The molecule has 0 spiro atoms. The van der Waals surface area contributed by atoms with Crippen molar-refractivity contribution in [1.29, 1.82) is 0 Å². The maximum absolute atomic E-state index is 6.63. The first-order chi connectivity index (χ1) is 9.40. The van der Waals surface area contributed by atoms with Gasteiger partial charge in [0.1, 0.15) is 16.9 Å². The highest BCUT2D eigenvalue weighted by Crippen LogP contribution is 2.36. The summed E-state index contributed by atoms with van der Waals surface area (Å²) in [6.07, 6.45) is 0. The highest BCUT2D eigenvalue weighted by Gasteiger charge is 2.20. The molecular formula is C18H23ClO. The first-order valence-electron chi connectivity index (χ1n) is 7.24. The van der Waals surface area contributed by atoms with Gasteiger partial charge < -0.3 is 4.42 Å². The molecule has 1 atom stereocenters. The van der Waals surface area contributed by atoms with Gasteiger partial charge in [0.15, 0.2) is 0 Å². The van der Waals surface area contributed by atoms with Crippen LogP contribution in [0.3, 0.4) is 0 Å². The summed E-state index contributed by atoms with van der Waals surface area (Å²) in [7, 11) is 0. The maximum Gasteiger partial charge on any atom is 0.126 e. The number of aryl methyl sites for hydroxylation is 1. The fraction of sp³-hybridized carbons (Fsp3) is 0.444. The summed E-state index contributed by atoms with van der Waals surface area (Å²) in [6, 6.07) is 10.5. The molecule has 0 bridgehead atoms. The van der Waals surface area contributed by atoms with E-state index in [2.05, 4.69) is 45.9 Å². The zero-order valence-electron chi connectivity index (χ0n) is 12.9. The number of halogens is 1. The van der Waals surface area contributed by atoms with Crippen LogP contribution in [-0.2, 0) is 0 Å². The average molecular weight is 291 g/mol. The van der Waals surface area contributed by atoms with E-state index in [1.807, 2.05) is 19.1 Å². The van der Waals surface area contributed by atoms with E-state index in [4.69, 9.17) is 16.0 Å². The van der Waals surface area contributed by atoms with Crippen LogP contribution >= 0.6 is 11.6 Å². The fourth-order valence-corrected chi connectivity index (χ4v) is 2.74. The van der Waals surface area contributed by atoms with Crippen molar-refractivity contribution in [2.75, 3.05) is 0 Å². The summed E-state index contributed by atoms with van der Waals surface area (Å²) >= 11 is 6.63. The minimum Gasteiger partial charge on any atom is -0.464 e. The number of alkyl halides is 1. The Labute approximate surface area is 127 Å². The fourth-order valence-electron chi connectivity index (χ4n) is 2.43. The third kappa shape index (κ3) is 3.09. The van der Waals surface area contributed by atoms with Gasteiger partial charge >= 0.3 is 0 Å². The summed E-state index contributed by atoms with van der Waals surface area (Å²) in [6.45, 7) is 10.8. The normalized spacial score (nSPS) is 13.2. The molecule has 1 aromatic heterocycles. The van der Waals surface area contributed by atoms with Crippen LogP contribution in [0.15, 0.2) is 34.7 Å². The van der Waals surface area contributed by atoms with Crippen LogP contribution in [0.2, 0.25) is 0 Å².